The van der Waals surface area contributed by atoms with Gasteiger partial charge in [0, 0.05) is 11.1 Å². The molecule has 23 heavy (non-hydrogen) atoms. The molecular weight excluding hydrogens is 286 g/mol. The van der Waals surface area contributed by atoms with Crippen molar-refractivity contribution in [3.05, 3.63) is 96.1 Å². The number of rotatable bonds is 2. The van der Waals surface area contributed by atoms with Gasteiger partial charge in [0.05, 0.1) is 5.52 Å². The first-order valence-corrected chi connectivity index (χ1v) is 7.25. The van der Waals surface area contributed by atoms with Crippen LogP contribution in [0.4, 0.5) is 0 Å². The molecule has 0 bridgehead atoms. The first kappa shape index (κ1) is 14.7. The Hall–Kier alpha value is -3.27. The molecule has 1 aromatic heterocycles. The average Bonchev–Trinajstić information content (AvgIpc) is 3.12. The molecule has 0 spiro atoms. The molecule has 0 radical (unpaired) electrons. The van der Waals surface area contributed by atoms with E-state index in [2.05, 4.69) is 15.4 Å². The third-order valence-electron chi connectivity index (χ3n) is 3.30. The number of ketones is 1. The lowest BCUT2D eigenvalue weighted by Crippen LogP contribution is -1.99. The third kappa shape index (κ3) is 3.68. The summed E-state index contributed by atoms with van der Waals surface area (Å²) in [7, 11) is 0. The normalized spacial score (nSPS) is 9.91. The molecule has 4 heteroatoms. The van der Waals surface area contributed by atoms with E-state index in [-0.39, 0.29) is 5.78 Å². The molecule has 0 amide bonds. The van der Waals surface area contributed by atoms with E-state index in [1.165, 1.54) is 0 Å². The number of carbonyl (C=O) groups is 1. The van der Waals surface area contributed by atoms with Crippen LogP contribution in [0.3, 0.4) is 0 Å². The van der Waals surface area contributed by atoms with Crippen molar-refractivity contribution in [2.45, 2.75) is 0 Å². The van der Waals surface area contributed by atoms with E-state index in [1.807, 2.05) is 84.9 Å². The van der Waals surface area contributed by atoms with Crippen LogP contribution >= 0.6 is 0 Å². The maximum Gasteiger partial charge on any atom is 0.193 e. The highest BCUT2D eigenvalue weighted by molar-refractivity contribution is 6.08. The molecule has 0 atom stereocenters. The molecule has 0 fully saturated rings. The molecular formula is C19H15N3O. The van der Waals surface area contributed by atoms with Gasteiger partial charge in [-0.15, -0.1) is 5.10 Å². The monoisotopic (exact) mass is 301 g/mol. The quantitative estimate of drug-likeness (QED) is 0.572. The Morgan fingerprint density at radius 1 is 0.696 bits per heavy atom. The van der Waals surface area contributed by atoms with Crippen molar-refractivity contribution in [2.24, 2.45) is 0 Å². The fraction of sp³-hybridized carbons (Fsp3) is 0. The van der Waals surface area contributed by atoms with E-state index in [9.17, 15) is 4.79 Å². The van der Waals surface area contributed by atoms with E-state index >= 15 is 0 Å². The number of aromatic nitrogens is 3. The van der Waals surface area contributed by atoms with Crippen LogP contribution in [0.15, 0.2) is 84.9 Å². The molecule has 4 nitrogen and oxygen atoms in total. The van der Waals surface area contributed by atoms with Crippen molar-refractivity contribution in [3.8, 4) is 0 Å². The van der Waals surface area contributed by atoms with Crippen LogP contribution in [0.25, 0.3) is 11.0 Å². The molecule has 0 saturated carbocycles. The van der Waals surface area contributed by atoms with Crippen LogP contribution in [0.1, 0.15) is 15.9 Å². The van der Waals surface area contributed by atoms with Crippen molar-refractivity contribution >= 4 is 16.8 Å². The number of H-pyrrole nitrogens is 1. The van der Waals surface area contributed by atoms with Crippen LogP contribution < -0.4 is 0 Å². The smallest absolute Gasteiger partial charge is 0.193 e. The number of benzene rings is 3. The van der Waals surface area contributed by atoms with Gasteiger partial charge in [0.15, 0.2) is 5.78 Å². The molecule has 0 aliphatic carbocycles. The Bertz CT molecular complexity index is 814. The maximum atomic E-state index is 11.8. The first-order chi connectivity index (χ1) is 11.3. The Morgan fingerprint density at radius 3 is 1.78 bits per heavy atom. The minimum atomic E-state index is 0.0752. The zero-order chi connectivity index (χ0) is 15.9. The van der Waals surface area contributed by atoms with Crippen LogP contribution in [0, 0.1) is 0 Å². The minimum Gasteiger partial charge on any atom is -0.289 e. The second-order valence-corrected chi connectivity index (χ2v) is 4.89. The highest BCUT2D eigenvalue weighted by Crippen LogP contribution is 2.08. The van der Waals surface area contributed by atoms with Gasteiger partial charge < -0.3 is 0 Å². The number of nitrogens with one attached hydrogen (secondary N) is 1. The second-order valence-electron chi connectivity index (χ2n) is 4.89. The fourth-order valence-corrected chi connectivity index (χ4v) is 2.13. The Kier molecular flexibility index (Phi) is 4.55. The van der Waals surface area contributed by atoms with Gasteiger partial charge in [-0.1, -0.05) is 78.0 Å². The molecule has 1 N–H and O–H groups in total. The van der Waals surface area contributed by atoms with E-state index in [0.717, 1.165) is 22.2 Å². The van der Waals surface area contributed by atoms with Gasteiger partial charge in [-0.05, 0) is 12.1 Å². The topological polar surface area (TPSA) is 58.6 Å². The predicted molar refractivity (Wildman–Crippen MR) is 90.2 cm³/mol. The molecule has 3 aromatic carbocycles. The van der Waals surface area contributed by atoms with Crippen LogP contribution in [-0.4, -0.2) is 21.2 Å². The highest BCUT2D eigenvalue weighted by Gasteiger charge is 2.06. The summed E-state index contributed by atoms with van der Waals surface area (Å²) in [6, 6.07) is 26.3. The number of nitrogens with zero attached hydrogens (tertiary/aromatic N) is 2. The van der Waals surface area contributed by atoms with E-state index < -0.39 is 0 Å². The van der Waals surface area contributed by atoms with Gasteiger partial charge in [0.25, 0.3) is 0 Å². The van der Waals surface area contributed by atoms with Gasteiger partial charge in [-0.3, -0.25) is 9.89 Å². The summed E-state index contributed by atoms with van der Waals surface area (Å²) in [5, 5.41) is 10.2. The molecule has 1 heterocycles. The maximum absolute atomic E-state index is 11.8. The molecule has 112 valence electrons. The fourth-order valence-electron chi connectivity index (χ4n) is 2.13. The number of para-hydroxylation sites is 1. The molecule has 0 unspecified atom stereocenters. The molecule has 0 aliphatic rings. The summed E-state index contributed by atoms with van der Waals surface area (Å²) >= 11 is 0. The van der Waals surface area contributed by atoms with Gasteiger partial charge in [0.1, 0.15) is 5.52 Å². The van der Waals surface area contributed by atoms with Crippen LogP contribution in [0.5, 0.6) is 0 Å². The molecule has 0 saturated heterocycles. The zero-order valence-corrected chi connectivity index (χ0v) is 12.4. The van der Waals surface area contributed by atoms with Crippen molar-refractivity contribution in [2.75, 3.05) is 0 Å². The van der Waals surface area contributed by atoms with Crippen molar-refractivity contribution in [3.63, 3.8) is 0 Å². The number of carbonyl (C=O) groups excluding carboxylic acids is 1. The summed E-state index contributed by atoms with van der Waals surface area (Å²) in [5.74, 6) is 0.0752. The van der Waals surface area contributed by atoms with Crippen LogP contribution in [-0.2, 0) is 0 Å². The van der Waals surface area contributed by atoms with E-state index in [1.54, 1.807) is 0 Å². The van der Waals surface area contributed by atoms with Gasteiger partial charge in [-0.25, -0.2) is 0 Å². The summed E-state index contributed by atoms with van der Waals surface area (Å²) in [6.45, 7) is 0. The molecule has 0 aliphatic heterocycles. The van der Waals surface area contributed by atoms with Gasteiger partial charge in [0.2, 0.25) is 0 Å². The molecule has 4 aromatic rings. The average molecular weight is 301 g/mol. The van der Waals surface area contributed by atoms with E-state index in [4.69, 9.17) is 0 Å². The number of aromatic amines is 1. The standard InChI is InChI=1S/C13H10O.C6H5N3/c14-13(11-7-3-1-4-8-11)12-9-5-2-6-10-12;1-2-4-6-5(3-1)7-9-8-6/h1-10H;1-4H,(H,7,8,9). The summed E-state index contributed by atoms with van der Waals surface area (Å²) in [4.78, 5) is 11.8. The van der Waals surface area contributed by atoms with Crippen molar-refractivity contribution < 1.29 is 4.79 Å². The van der Waals surface area contributed by atoms with Crippen molar-refractivity contribution in [1.82, 2.24) is 15.4 Å². The lowest BCUT2D eigenvalue weighted by molar-refractivity contribution is 0.103. The summed E-state index contributed by atoms with van der Waals surface area (Å²) in [6.07, 6.45) is 0. The Labute approximate surface area is 133 Å². The van der Waals surface area contributed by atoms with Crippen molar-refractivity contribution in [1.29, 1.82) is 0 Å². The summed E-state index contributed by atoms with van der Waals surface area (Å²) < 4.78 is 0. The summed E-state index contributed by atoms with van der Waals surface area (Å²) in [5.41, 5.74) is 3.37. The van der Waals surface area contributed by atoms with Gasteiger partial charge >= 0.3 is 0 Å². The highest BCUT2D eigenvalue weighted by atomic mass is 16.1. The predicted octanol–water partition coefficient (Wildman–Crippen LogP) is 3.88. The lowest BCUT2D eigenvalue weighted by Gasteiger charge is -1.99. The number of fused-ring (bicyclic) bond motifs is 1. The molecule has 4 rings (SSSR count). The SMILES string of the molecule is O=C(c1ccccc1)c1ccccc1.c1ccc2[nH]nnc2c1. The minimum absolute atomic E-state index is 0.0752. The Morgan fingerprint density at radius 2 is 1.22 bits per heavy atom. The third-order valence-corrected chi connectivity index (χ3v) is 3.30. The number of hydrogen-bond acceptors (Lipinski definition) is 3. The zero-order valence-electron chi connectivity index (χ0n) is 12.4. The van der Waals surface area contributed by atoms with E-state index in [0.29, 0.717) is 0 Å². The number of hydrogen-bond donors (Lipinski definition) is 1. The van der Waals surface area contributed by atoms with Crippen LogP contribution in [0.2, 0.25) is 0 Å². The first-order valence-electron chi connectivity index (χ1n) is 7.25. The Balaban J connectivity index is 0.000000149. The largest absolute Gasteiger partial charge is 0.289 e. The lowest BCUT2D eigenvalue weighted by atomic mass is 10.0. The second kappa shape index (κ2) is 7.13. The van der Waals surface area contributed by atoms with Gasteiger partial charge in [-0.2, -0.15) is 0 Å².